The fourth-order valence-corrected chi connectivity index (χ4v) is 1.38. The Morgan fingerprint density at radius 2 is 1.93 bits per heavy atom. The first-order valence-electron chi connectivity index (χ1n) is 4.10. The molecule has 0 N–H and O–H groups in total. The van der Waals surface area contributed by atoms with E-state index in [9.17, 15) is 8.78 Å². The van der Waals surface area contributed by atoms with Crippen LogP contribution in [0.25, 0.3) is 11.3 Å². The van der Waals surface area contributed by atoms with Gasteiger partial charge in [0.1, 0.15) is 11.5 Å². The number of hydrogen-bond donors (Lipinski definition) is 0. The van der Waals surface area contributed by atoms with Crippen molar-refractivity contribution in [2.75, 3.05) is 0 Å². The van der Waals surface area contributed by atoms with Crippen LogP contribution in [0.4, 0.5) is 8.78 Å². The Labute approximate surface area is 89.6 Å². The summed E-state index contributed by atoms with van der Waals surface area (Å²) in [6, 6.07) is 3.44. The number of nitrogens with zero attached hydrogens (tertiary/aromatic N) is 2. The van der Waals surface area contributed by atoms with Gasteiger partial charge in [-0.1, -0.05) is 11.6 Å². The van der Waals surface area contributed by atoms with Gasteiger partial charge in [-0.05, 0) is 18.2 Å². The minimum atomic E-state index is -0.751. The molecule has 0 saturated carbocycles. The molecule has 0 spiro atoms. The molecule has 0 atom stereocenters. The van der Waals surface area contributed by atoms with Gasteiger partial charge in [0.15, 0.2) is 0 Å². The van der Waals surface area contributed by atoms with Crippen molar-refractivity contribution in [1.82, 2.24) is 9.97 Å². The second kappa shape index (κ2) is 3.90. The van der Waals surface area contributed by atoms with Crippen LogP contribution in [0.15, 0.2) is 30.6 Å². The molecule has 0 aliphatic carbocycles. The van der Waals surface area contributed by atoms with E-state index in [1.807, 2.05) is 0 Å². The first-order valence-corrected chi connectivity index (χ1v) is 4.48. The topological polar surface area (TPSA) is 25.8 Å². The number of aromatic nitrogens is 2. The van der Waals surface area contributed by atoms with E-state index >= 15 is 0 Å². The molecule has 2 aromatic heterocycles. The molecule has 0 amide bonds. The molecule has 2 aromatic rings. The highest BCUT2D eigenvalue weighted by Gasteiger charge is 2.11. The normalized spacial score (nSPS) is 10.3. The molecule has 2 rings (SSSR count). The fraction of sp³-hybridized carbons (Fsp3) is 0. The molecule has 2 heterocycles. The lowest BCUT2D eigenvalue weighted by molar-refractivity contribution is 0.564. The Hall–Kier alpha value is -1.55. The Balaban J connectivity index is 2.64. The van der Waals surface area contributed by atoms with Gasteiger partial charge in [-0.2, -0.15) is 4.39 Å². The zero-order valence-electron chi connectivity index (χ0n) is 7.42. The van der Waals surface area contributed by atoms with Crippen LogP contribution in [0, 0.1) is 11.8 Å². The molecule has 15 heavy (non-hydrogen) atoms. The van der Waals surface area contributed by atoms with E-state index in [0.29, 0.717) is 5.56 Å². The molecular formula is C10H5ClF2N2. The Morgan fingerprint density at radius 1 is 1.13 bits per heavy atom. The summed E-state index contributed by atoms with van der Waals surface area (Å²) in [5.74, 6) is -1.37. The Bertz CT molecular complexity index is 503. The van der Waals surface area contributed by atoms with Gasteiger partial charge in [-0.25, -0.2) is 9.37 Å². The van der Waals surface area contributed by atoms with Crippen molar-refractivity contribution >= 4 is 11.6 Å². The van der Waals surface area contributed by atoms with Crippen LogP contribution in [-0.2, 0) is 0 Å². The predicted octanol–water partition coefficient (Wildman–Crippen LogP) is 3.08. The Morgan fingerprint density at radius 3 is 2.67 bits per heavy atom. The second-order valence-electron chi connectivity index (χ2n) is 2.82. The molecule has 0 saturated heterocycles. The third-order valence-corrected chi connectivity index (χ3v) is 2.14. The zero-order valence-corrected chi connectivity index (χ0v) is 8.17. The number of halogens is 3. The van der Waals surface area contributed by atoms with Crippen molar-refractivity contribution in [2.24, 2.45) is 0 Å². The van der Waals surface area contributed by atoms with Crippen LogP contribution in [-0.4, -0.2) is 9.97 Å². The zero-order chi connectivity index (χ0) is 10.8. The summed E-state index contributed by atoms with van der Waals surface area (Å²) >= 11 is 5.79. The van der Waals surface area contributed by atoms with Crippen LogP contribution >= 0.6 is 11.6 Å². The molecule has 0 aliphatic rings. The highest BCUT2D eigenvalue weighted by molar-refractivity contribution is 6.33. The number of pyridine rings is 2. The quantitative estimate of drug-likeness (QED) is 0.699. The first kappa shape index (κ1) is 9.98. The molecule has 0 aromatic carbocycles. The van der Waals surface area contributed by atoms with E-state index in [4.69, 9.17) is 11.6 Å². The maximum Gasteiger partial charge on any atom is 0.213 e. The van der Waals surface area contributed by atoms with Crippen molar-refractivity contribution in [1.29, 1.82) is 0 Å². The van der Waals surface area contributed by atoms with Gasteiger partial charge in [0.05, 0.1) is 5.02 Å². The Kier molecular flexibility index (Phi) is 2.60. The van der Waals surface area contributed by atoms with Gasteiger partial charge in [0, 0.05) is 18.0 Å². The summed E-state index contributed by atoms with van der Waals surface area (Å²) in [4.78, 5) is 7.20. The van der Waals surface area contributed by atoms with Crippen LogP contribution in [0.3, 0.4) is 0 Å². The van der Waals surface area contributed by atoms with E-state index < -0.39 is 11.8 Å². The highest BCUT2D eigenvalue weighted by Crippen LogP contribution is 2.27. The lowest BCUT2D eigenvalue weighted by atomic mass is 10.2. The minimum Gasteiger partial charge on any atom is -0.263 e. The van der Waals surface area contributed by atoms with Gasteiger partial charge in [0.25, 0.3) is 0 Å². The van der Waals surface area contributed by atoms with Crippen molar-refractivity contribution in [3.8, 4) is 11.3 Å². The summed E-state index contributed by atoms with van der Waals surface area (Å²) in [6.07, 6.45) is 2.79. The van der Waals surface area contributed by atoms with Crippen LogP contribution in [0.5, 0.6) is 0 Å². The van der Waals surface area contributed by atoms with Crippen molar-refractivity contribution in [3.63, 3.8) is 0 Å². The van der Waals surface area contributed by atoms with Crippen molar-refractivity contribution in [2.45, 2.75) is 0 Å². The maximum absolute atomic E-state index is 13.3. The maximum atomic E-state index is 13.3. The van der Waals surface area contributed by atoms with E-state index in [1.165, 1.54) is 18.5 Å². The summed E-state index contributed by atoms with van der Waals surface area (Å²) in [7, 11) is 0. The van der Waals surface area contributed by atoms with Crippen molar-refractivity contribution < 1.29 is 8.78 Å². The van der Waals surface area contributed by atoms with Gasteiger partial charge >= 0.3 is 0 Å². The lowest BCUT2D eigenvalue weighted by Gasteiger charge is -2.03. The summed E-state index contributed by atoms with van der Waals surface area (Å²) < 4.78 is 26.2. The van der Waals surface area contributed by atoms with E-state index in [1.54, 1.807) is 0 Å². The lowest BCUT2D eigenvalue weighted by Crippen LogP contribution is -1.93. The molecule has 0 aliphatic heterocycles. The average Bonchev–Trinajstić information content (AvgIpc) is 2.23. The summed E-state index contributed by atoms with van der Waals surface area (Å²) in [6.45, 7) is 0. The van der Waals surface area contributed by atoms with Gasteiger partial charge in [-0.3, -0.25) is 4.98 Å². The average molecular weight is 227 g/mol. The second-order valence-corrected chi connectivity index (χ2v) is 3.23. The summed E-state index contributed by atoms with van der Waals surface area (Å²) in [5.41, 5.74) is 0.214. The van der Waals surface area contributed by atoms with Crippen LogP contribution < -0.4 is 0 Å². The molecule has 76 valence electrons. The smallest absolute Gasteiger partial charge is 0.213 e. The third kappa shape index (κ3) is 1.94. The summed E-state index contributed by atoms with van der Waals surface area (Å²) in [5, 5.41) is 0.231. The molecule has 5 heteroatoms. The molecule has 0 unspecified atom stereocenters. The van der Waals surface area contributed by atoms with Crippen molar-refractivity contribution in [3.05, 3.63) is 47.4 Å². The van der Waals surface area contributed by atoms with Crippen LogP contribution in [0.2, 0.25) is 5.02 Å². The molecular weight excluding hydrogens is 222 g/mol. The molecule has 2 nitrogen and oxygen atoms in total. The minimum absolute atomic E-state index is 0.109. The predicted molar refractivity (Wildman–Crippen MR) is 52.4 cm³/mol. The fourth-order valence-electron chi connectivity index (χ4n) is 1.17. The largest absolute Gasteiger partial charge is 0.263 e. The van der Waals surface area contributed by atoms with Crippen LogP contribution in [0.1, 0.15) is 0 Å². The number of hydrogen-bond acceptors (Lipinski definition) is 2. The van der Waals surface area contributed by atoms with E-state index in [0.717, 1.165) is 12.1 Å². The number of rotatable bonds is 1. The van der Waals surface area contributed by atoms with E-state index in [2.05, 4.69) is 9.97 Å². The molecule has 0 radical (unpaired) electrons. The monoisotopic (exact) mass is 226 g/mol. The van der Waals surface area contributed by atoms with Gasteiger partial charge < -0.3 is 0 Å². The van der Waals surface area contributed by atoms with E-state index in [-0.39, 0.29) is 10.7 Å². The van der Waals surface area contributed by atoms with Gasteiger partial charge in [0.2, 0.25) is 5.95 Å². The SMILES string of the molecule is Fc1ccc(F)c(-c2ccncc2Cl)n1. The molecule has 0 fully saturated rings. The highest BCUT2D eigenvalue weighted by atomic mass is 35.5. The van der Waals surface area contributed by atoms with Gasteiger partial charge in [-0.15, -0.1) is 0 Å². The molecule has 0 bridgehead atoms. The standard InChI is InChI=1S/C10H5ClF2N2/c11-7-5-14-4-3-6(7)10-8(12)1-2-9(13)15-10/h1-5H. The first-order chi connectivity index (χ1) is 7.18. The third-order valence-electron chi connectivity index (χ3n) is 1.84.